The Morgan fingerprint density at radius 1 is 1.15 bits per heavy atom. The van der Waals surface area contributed by atoms with Crippen molar-refractivity contribution in [2.24, 2.45) is 0 Å². The fourth-order valence-electron chi connectivity index (χ4n) is 3.20. The SMILES string of the molecule is CC1CN(c2nc3cc(C(=O)O)ccc3nc2-c2ccccc2)CCO1. The van der Waals surface area contributed by atoms with Crippen molar-refractivity contribution >= 4 is 22.8 Å². The number of carbonyl (C=O) groups is 1. The number of aromatic nitrogens is 2. The van der Waals surface area contributed by atoms with Gasteiger partial charge >= 0.3 is 5.97 Å². The first kappa shape index (κ1) is 16.5. The van der Waals surface area contributed by atoms with Crippen molar-refractivity contribution < 1.29 is 14.6 Å². The molecule has 1 aliphatic rings. The lowest BCUT2D eigenvalue weighted by atomic mass is 10.1. The van der Waals surface area contributed by atoms with Crippen molar-refractivity contribution in [2.75, 3.05) is 24.6 Å². The van der Waals surface area contributed by atoms with E-state index in [0.29, 0.717) is 17.6 Å². The molecule has 2 heterocycles. The van der Waals surface area contributed by atoms with Gasteiger partial charge in [0.2, 0.25) is 0 Å². The van der Waals surface area contributed by atoms with Gasteiger partial charge in [-0.25, -0.2) is 14.8 Å². The largest absolute Gasteiger partial charge is 0.478 e. The molecule has 1 atom stereocenters. The molecule has 0 radical (unpaired) electrons. The molecule has 1 aliphatic heterocycles. The molecule has 0 saturated carbocycles. The molecule has 26 heavy (non-hydrogen) atoms. The minimum absolute atomic E-state index is 0.107. The van der Waals surface area contributed by atoms with Gasteiger partial charge in [-0.3, -0.25) is 0 Å². The van der Waals surface area contributed by atoms with Crippen molar-refractivity contribution in [1.29, 1.82) is 0 Å². The average Bonchev–Trinajstić information content (AvgIpc) is 2.67. The number of anilines is 1. The van der Waals surface area contributed by atoms with Crippen LogP contribution in [0.15, 0.2) is 48.5 Å². The first-order valence-electron chi connectivity index (χ1n) is 8.59. The fraction of sp³-hybridized carbons (Fsp3) is 0.250. The molecule has 4 rings (SSSR count). The second-order valence-corrected chi connectivity index (χ2v) is 6.40. The van der Waals surface area contributed by atoms with Crippen LogP contribution in [-0.2, 0) is 4.74 Å². The molecule has 2 aromatic carbocycles. The smallest absolute Gasteiger partial charge is 0.335 e. The van der Waals surface area contributed by atoms with Crippen molar-refractivity contribution in [3.63, 3.8) is 0 Å². The molecule has 1 N–H and O–H groups in total. The number of benzene rings is 2. The number of ether oxygens (including phenoxy) is 1. The highest BCUT2D eigenvalue weighted by Crippen LogP contribution is 2.31. The first-order valence-corrected chi connectivity index (χ1v) is 8.59. The van der Waals surface area contributed by atoms with Gasteiger partial charge in [-0.15, -0.1) is 0 Å². The van der Waals surface area contributed by atoms with Crippen LogP contribution >= 0.6 is 0 Å². The maximum absolute atomic E-state index is 11.3. The number of aromatic carboxylic acids is 1. The Hall–Kier alpha value is -2.99. The van der Waals surface area contributed by atoms with Crippen LogP contribution in [0.1, 0.15) is 17.3 Å². The number of nitrogens with zero attached hydrogens (tertiary/aromatic N) is 3. The van der Waals surface area contributed by atoms with Gasteiger partial charge in [-0.05, 0) is 25.1 Å². The standard InChI is InChI=1S/C20H19N3O3/c1-13-12-23(9-10-26-13)19-18(14-5-3-2-4-6-14)21-16-8-7-15(20(24)25)11-17(16)22-19/h2-8,11,13H,9-10,12H2,1H3,(H,24,25). The van der Waals surface area contributed by atoms with Crippen LogP contribution in [0.5, 0.6) is 0 Å². The molecule has 132 valence electrons. The Morgan fingerprint density at radius 2 is 1.96 bits per heavy atom. The van der Waals surface area contributed by atoms with E-state index in [1.165, 1.54) is 0 Å². The molecule has 1 unspecified atom stereocenters. The molecule has 1 fully saturated rings. The molecule has 6 nitrogen and oxygen atoms in total. The van der Waals surface area contributed by atoms with Gasteiger partial charge in [0.25, 0.3) is 0 Å². The number of morpholine rings is 1. The monoisotopic (exact) mass is 349 g/mol. The summed E-state index contributed by atoms with van der Waals surface area (Å²) in [6.45, 7) is 4.11. The summed E-state index contributed by atoms with van der Waals surface area (Å²) in [6, 6.07) is 14.8. The number of carboxylic acid groups (broad SMARTS) is 1. The highest BCUT2D eigenvalue weighted by Gasteiger charge is 2.23. The first-order chi connectivity index (χ1) is 12.6. The maximum Gasteiger partial charge on any atom is 0.335 e. The molecule has 0 aliphatic carbocycles. The Kier molecular flexibility index (Phi) is 4.26. The predicted octanol–water partition coefficient (Wildman–Crippen LogP) is 3.22. The highest BCUT2D eigenvalue weighted by molar-refractivity contribution is 5.93. The van der Waals surface area contributed by atoms with E-state index in [4.69, 9.17) is 14.7 Å². The van der Waals surface area contributed by atoms with Crippen molar-refractivity contribution in [2.45, 2.75) is 13.0 Å². The predicted molar refractivity (Wildman–Crippen MR) is 99.6 cm³/mol. The number of fused-ring (bicyclic) bond motifs is 1. The summed E-state index contributed by atoms with van der Waals surface area (Å²) in [5.74, 6) is -0.205. The van der Waals surface area contributed by atoms with Crippen LogP contribution in [0.25, 0.3) is 22.3 Å². The summed E-state index contributed by atoms with van der Waals surface area (Å²) in [6.07, 6.45) is 0.107. The Bertz CT molecular complexity index is 959. The lowest BCUT2D eigenvalue weighted by Crippen LogP contribution is -2.41. The van der Waals surface area contributed by atoms with Gasteiger partial charge in [0.05, 0.1) is 29.3 Å². The lowest BCUT2D eigenvalue weighted by Gasteiger charge is -2.33. The van der Waals surface area contributed by atoms with Crippen LogP contribution in [0.4, 0.5) is 5.82 Å². The molecule has 0 amide bonds. The van der Waals surface area contributed by atoms with Gasteiger partial charge in [0, 0.05) is 18.7 Å². The van der Waals surface area contributed by atoms with Crippen molar-refractivity contribution in [3.05, 3.63) is 54.1 Å². The second kappa shape index (κ2) is 6.72. The van der Waals surface area contributed by atoms with E-state index >= 15 is 0 Å². The van der Waals surface area contributed by atoms with Gasteiger partial charge in [0.15, 0.2) is 5.82 Å². The topological polar surface area (TPSA) is 75.6 Å². The summed E-state index contributed by atoms with van der Waals surface area (Å²) in [4.78, 5) is 23.1. The summed E-state index contributed by atoms with van der Waals surface area (Å²) in [7, 11) is 0. The second-order valence-electron chi connectivity index (χ2n) is 6.40. The third kappa shape index (κ3) is 3.11. The quantitative estimate of drug-likeness (QED) is 0.782. The Morgan fingerprint density at radius 3 is 2.69 bits per heavy atom. The average molecular weight is 349 g/mol. The molecule has 0 spiro atoms. The zero-order valence-corrected chi connectivity index (χ0v) is 14.4. The van der Waals surface area contributed by atoms with Crippen LogP contribution in [0.2, 0.25) is 0 Å². The summed E-state index contributed by atoms with van der Waals surface area (Å²) in [5.41, 5.74) is 3.26. The molecule has 3 aromatic rings. The van der Waals surface area contributed by atoms with Gasteiger partial charge in [-0.2, -0.15) is 0 Å². The van der Waals surface area contributed by atoms with Crippen LogP contribution < -0.4 is 4.90 Å². The third-order valence-corrected chi connectivity index (χ3v) is 4.48. The Balaban J connectivity index is 1.90. The molecule has 1 saturated heterocycles. The minimum atomic E-state index is -0.970. The van der Waals surface area contributed by atoms with Gasteiger partial charge in [-0.1, -0.05) is 30.3 Å². The van der Waals surface area contributed by atoms with Crippen molar-refractivity contribution in [1.82, 2.24) is 9.97 Å². The zero-order valence-electron chi connectivity index (χ0n) is 14.4. The lowest BCUT2D eigenvalue weighted by molar-refractivity contribution is 0.0530. The molecule has 1 aromatic heterocycles. The highest BCUT2D eigenvalue weighted by atomic mass is 16.5. The van der Waals surface area contributed by atoms with Crippen LogP contribution in [0, 0.1) is 0 Å². The Labute approximate surface area is 151 Å². The van der Waals surface area contributed by atoms with E-state index < -0.39 is 5.97 Å². The number of carboxylic acids is 1. The van der Waals surface area contributed by atoms with Crippen LogP contribution in [0.3, 0.4) is 0 Å². The van der Waals surface area contributed by atoms with Crippen molar-refractivity contribution in [3.8, 4) is 11.3 Å². The van der Waals surface area contributed by atoms with Crippen LogP contribution in [-0.4, -0.2) is 46.8 Å². The zero-order chi connectivity index (χ0) is 18.1. The normalized spacial score (nSPS) is 17.4. The number of rotatable bonds is 3. The van der Waals surface area contributed by atoms with E-state index in [9.17, 15) is 9.90 Å². The summed E-state index contributed by atoms with van der Waals surface area (Å²) < 4.78 is 5.65. The van der Waals surface area contributed by atoms with Gasteiger partial charge < -0.3 is 14.7 Å². The summed E-state index contributed by atoms with van der Waals surface area (Å²) in [5, 5.41) is 9.25. The van der Waals surface area contributed by atoms with E-state index in [-0.39, 0.29) is 11.7 Å². The van der Waals surface area contributed by atoms with Gasteiger partial charge in [0.1, 0.15) is 5.69 Å². The number of hydrogen-bond acceptors (Lipinski definition) is 5. The molecule has 6 heteroatoms. The molecule has 0 bridgehead atoms. The molecular formula is C20H19N3O3. The van der Waals surface area contributed by atoms with E-state index in [1.54, 1.807) is 18.2 Å². The maximum atomic E-state index is 11.3. The van der Waals surface area contributed by atoms with E-state index in [1.807, 2.05) is 37.3 Å². The number of hydrogen-bond donors (Lipinski definition) is 1. The minimum Gasteiger partial charge on any atom is -0.478 e. The molecular weight excluding hydrogens is 330 g/mol. The third-order valence-electron chi connectivity index (χ3n) is 4.48. The fourth-order valence-corrected chi connectivity index (χ4v) is 3.20. The van der Waals surface area contributed by atoms with E-state index in [0.717, 1.165) is 30.2 Å². The van der Waals surface area contributed by atoms with E-state index in [2.05, 4.69) is 4.90 Å². The summed E-state index contributed by atoms with van der Waals surface area (Å²) >= 11 is 0.